The Morgan fingerprint density at radius 1 is 1.14 bits per heavy atom. The van der Waals surface area contributed by atoms with Crippen molar-refractivity contribution < 1.29 is 9.53 Å². The lowest BCUT2D eigenvalue weighted by molar-refractivity contribution is 0.0378. The molecule has 0 aliphatic carbocycles. The average molecular weight is 405 g/mol. The Labute approximate surface area is 172 Å². The molecule has 0 saturated carbocycles. The first-order chi connectivity index (χ1) is 13.9. The summed E-state index contributed by atoms with van der Waals surface area (Å²) in [6.45, 7) is 3.60. The van der Waals surface area contributed by atoms with Crippen molar-refractivity contribution in [2.45, 2.75) is 25.1 Å². The molecule has 0 amide bonds. The number of esters is 1. The highest BCUT2D eigenvalue weighted by molar-refractivity contribution is 7.98. The summed E-state index contributed by atoms with van der Waals surface area (Å²) in [6, 6.07) is 16.4. The number of aromatic nitrogens is 2. The van der Waals surface area contributed by atoms with E-state index in [2.05, 4.69) is 9.97 Å². The van der Waals surface area contributed by atoms with Crippen molar-refractivity contribution in [1.29, 1.82) is 5.26 Å². The van der Waals surface area contributed by atoms with Crippen molar-refractivity contribution in [3.8, 4) is 28.5 Å². The van der Waals surface area contributed by atoms with Gasteiger partial charge in [-0.25, -0.2) is 9.78 Å². The molecule has 0 aliphatic heterocycles. The average Bonchev–Trinajstić information content (AvgIpc) is 2.72. The molecule has 0 fully saturated rings. The van der Waals surface area contributed by atoms with Crippen LogP contribution < -0.4 is 5.56 Å². The number of hydrogen-bond acceptors (Lipinski definition) is 6. The predicted molar refractivity (Wildman–Crippen MR) is 113 cm³/mol. The number of ether oxygens (including phenoxy) is 1. The summed E-state index contributed by atoms with van der Waals surface area (Å²) in [5, 5.41) is 9.85. The van der Waals surface area contributed by atoms with Gasteiger partial charge < -0.3 is 9.72 Å². The van der Waals surface area contributed by atoms with Crippen LogP contribution in [0.5, 0.6) is 0 Å². The molecular weight excluding hydrogens is 386 g/mol. The summed E-state index contributed by atoms with van der Waals surface area (Å²) >= 11 is 1.29. The summed E-state index contributed by atoms with van der Waals surface area (Å²) in [6.07, 6.45) is 1.60. The number of benzene rings is 2. The first-order valence-corrected chi connectivity index (χ1v) is 10.2. The third-order valence-corrected chi connectivity index (χ3v) is 4.69. The normalized spacial score (nSPS) is 10.6. The van der Waals surface area contributed by atoms with Crippen LogP contribution >= 0.6 is 11.8 Å². The Morgan fingerprint density at radius 3 is 2.45 bits per heavy atom. The molecule has 0 spiro atoms. The van der Waals surface area contributed by atoms with Gasteiger partial charge in [0, 0.05) is 5.56 Å². The molecule has 3 aromatic rings. The van der Waals surface area contributed by atoms with Gasteiger partial charge in [0.2, 0.25) is 0 Å². The Morgan fingerprint density at radius 2 is 1.79 bits per heavy atom. The van der Waals surface area contributed by atoms with Gasteiger partial charge in [0.15, 0.2) is 5.16 Å². The molecular formula is C22H19N3O3S. The number of nitriles is 1. The third-order valence-electron chi connectivity index (χ3n) is 4.11. The minimum absolute atomic E-state index is 0.0331. The number of H-pyrrole nitrogens is 1. The van der Waals surface area contributed by atoms with Crippen LogP contribution in [0, 0.1) is 11.3 Å². The van der Waals surface area contributed by atoms with E-state index in [9.17, 15) is 14.9 Å². The monoisotopic (exact) mass is 405 g/mol. The lowest BCUT2D eigenvalue weighted by Crippen LogP contribution is -2.14. The number of hydrogen-bond donors (Lipinski definition) is 1. The Hall–Kier alpha value is -3.37. The first-order valence-electron chi connectivity index (χ1n) is 8.93. The second-order valence-electron chi connectivity index (χ2n) is 6.53. The number of rotatable bonds is 5. The highest BCUT2D eigenvalue weighted by atomic mass is 32.2. The molecule has 6 nitrogen and oxygen atoms in total. The number of nitrogens with one attached hydrogen (secondary N) is 1. The Balaban J connectivity index is 2.06. The maximum Gasteiger partial charge on any atom is 0.338 e. The molecule has 0 atom stereocenters. The van der Waals surface area contributed by atoms with Crippen molar-refractivity contribution in [3.63, 3.8) is 0 Å². The maximum absolute atomic E-state index is 12.2. The molecule has 146 valence electrons. The SMILES string of the molecule is CSc1nc(-c2cccc(-c3cccc(C(=O)OC(C)C)c3)c2)c(C#N)c(=O)[nH]1. The summed E-state index contributed by atoms with van der Waals surface area (Å²) in [4.78, 5) is 31.4. The lowest BCUT2D eigenvalue weighted by atomic mass is 9.99. The van der Waals surface area contributed by atoms with Gasteiger partial charge in [-0.1, -0.05) is 42.1 Å². The molecule has 2 aromatic carbocycles. The van der Waals surface area contributed by atoms with Gasteiger partial charge in [-0.15, -0.1) is 0 Å². The lowest BCUT2D eigenvalue weighted by Gasteiger charge is -2.10. The van der Waals surface area contributed by atoms with Gasteiger partial charge in [-0.05, 0) is 49.4 Å². The van der Waals surface area contributed by atoms with Gasteiger partial charge in [-0.2, -0.15) is 5.26 Å². The van der Waals surface area contributed by atoms with E-state index in [0.29, 0.717) is 22.0 Å². The summed E-state index contributed by atoms with van der Waals surface area (Å²) in [5.74, 6) is -0.384. The van der Waals surface area contributed by atoms with E-state index in [-0.39, 0.29) is 17.6 Å². The van der Waals surface area contributed by atoms with Crippen molar-refractivity contribution in [3.05, 3.63) is 70.0 Å². The number of nitrogens with zero attached hydrogens (tertiary/aromatic N) is 2. The fourth-order valence-electron chi connectivity index (χ4n) is 2.82. The van der Waals surface area contributed by atoms with E-state index < -0.39 is 5.56 Å². The zero-order valence-corrected chi connectivity index (χ0v) is 17.0. The third kappa shape index (κ3) is 4.55. The minimum Gasteiger partial charge on any atom is -0.459 e. The van der Waals surface area contributed by atoms with Crippen molar-refractivity contribution in [1.82, 2.24) is 9.97 Å². The largest absolute Gasteiger partial charge is 0.459 e. The molecule has 29 heavy (non-hydrogen) atoms. The predicted octanol–water partition coefficient (Wildman–Crippen LogP) is 4.26. The van der Waals surface area contributed by atoms with E-state index in [1.165, 1.54) is 11.8 Å². The zero-order valence-electron chi connectivity index (χ0n) is 16.2. The summed E-state index contributed by atoms with van der Waals surface area (Å²) in [7, 11) is 0. The zero-order chi connectivity index (χ0) is 21.0. The minimum atomic E-state index is -0.467. The van der Waals surface area contributed by atoms with Gasteiger partial charge in [-0.3, -0.25) is 4.79 Å². The van der Waals surface area contributed by atoms with Crippen LogP contribution in [0.15, 0.2) is 58.5 Å². The molecule has 0 saturated heterocycles. The second kappa shape index (κ2) is 8.76. The second-order valence-corrected chi connectivity index (χ2v) is 7.32. The molecule has 0 radical (unpaired) electrons. The van der Waals surface area contributed by atoms with Crippen molar-refractivity contribution >= 4 is 17.7 Å². The van der Waals surface area contributed by atoms with Crippen LogP contribution in [0.3, 0.4) is 0 Å². The fourth-order valence-corrected chi connectivity index (χ4v) is 3.19. The summed E-state index contributed by atoms with van der Waals surface area (Å²) < 4.78 is 5.26. The fraction of sp³-hybridized carbons (Fsp3) is 0.182. The van der Waals surface area contributed by atoms with Crippen LogP contribution in [-0.4, -0.2) is 28.3 Å². The van der Waals surface area contributed by atoms with E-state index in [4.69, 9.17) is 4.74 Å². The van der Waals surface area contributed by atoms with Crippen molar-refractivity contribution in [2.75, 3.05) is 6.26 Å². The molecule has 0 aliphatic rings. The standard InChI is InChI=1S/C22H19N3O3S/c1-13(2)28-21(27)17-9-5-7-15(11-17)14-6-4-8-16(10-14)19-18(12-23)20(26)25-22(24-19)29-3/h4-11,13H,1-3H3,(H,24,25,26). The highest BCUT2D eigenvalue weighted by Crippen LogP contribution is 2.28. The number of thioether (sulfide) groups is 1. The van der Waals surface area contributed by atoms with Crippen LogP contribution in [0.1, 0.15) is 29.8 Å². The van der Waals surface area contributed by atoms with E-state index in [1.54, 1.807) is 44.4 Å². The molecule has 1 aromatic heterocycles. The van der Waals surface area contributed by atoms with E-state index >= 15 is 0 Å². The van der Waals surface area contributed by atoms with Crippen LogP contribution in [0.4, 0.5) is 0 Å². The first kappa shape index (κ1) is 20.4. The molecule has 0 bridgehead atoms. The topological polar surface area (TPSA) is 95.8 Å². The summed E-state index contributed by atoms with van der Waals surface area (Å²) in [5.41, 5.74) is 2.59. The number of aromatic amines is 1. The maximum atomic E-state index is 12.2. The molecule has 1 heterocycles. The molecule has 7 heteroatoms. The molecule has 1 N–H and O–H groups in total. The van der Waals surface area contributed by atoms with E-state index in [1.807, 2.05) is 30.3 Å². The molecule has 3 rings (SSSR count). The highest BCUT2D eigenvalue weighted by Gasteiger charge is 2.15. The van der Waals surface area contributed by atoms with Gasteiger partial charge in [0.25, 0.3) is 5.56 Å². The number of carbonyl (C=O) groups is 1. The van der Waals surface area contributed by atoms with Crippen molar-refractivity contribution in [2.24, 2.45) is 0 Å². The van der Waals surface area contributed by atoms with Crippen LogP contribution in [0.25, 0.3) is 22.4 Å². The van der Waals surface area contributed by atoms with Gasteiger partial charge in [0.1, 0.15) is 11.6 Å². The molecule has 0 unspecified atom stereocenters. The number of carbonyl (C=O) groups excluding carboxylic acids is 1. The Kier molecular flexibility index (Phi) is 6.15. The van der Waals surface area contributed by atoms with Gasteiger partial charge in [0.05, 0.1) is 17.4 Å². The Bertz CT molecular complexity index is 1160. The van der Waals surface area contributed by atoms with Gasteiger partial charge >= 0.3 is 5.97 Å². The van der Waals surface area contributed by atoms with Crippen LogP contribution in [-0.2, 0) is 4.74 Å². The van der Waals surface area contributed by atoms with E-state index in [0.717, 1.165) is 11.1 Å². The smallest absolute Gasteiger partial charge is 0.338 e. The quantitative estimate of drug-likeness (QED) is 0.387. The van der Waals surface area contributed by atoms with Crippen LogP contribution in [0.2, 0.25) is 0 Å².